The maximum Gasteiger partial charge on any atom is 0.433 e. The van der Waals surface area contributed by atoms with Gasteiger partial charge >= 0.3 is 6.09 Å². The number of nitrogens with one attached hydrogen (secondary N) is 1. The average Bonchev–Trinajstić information content (AvgIpc) is 2.26. The number of hydrogen-bond acceptors (Lipinski definition) is 3. The number of benzene rings is 1. The molecule has 0 saturated heterocycles. The molecular weight excluding hydrogens is 180 g/mol. The summed E-state index contributed by atoms with van der Waals surface area (Å²) in [5, 5.41) is 5.97. The molecule has 0 saturated carbocycles. The van der Waals surface area contributed by atoms with Crippen molar-refractivity contribution >= 4 is 11.8 Å². The highest BCUT2D eigenvalue weighted by Gasteiger charge is 1.99. The molecule has 0 aliphatic carbocycles. The molecule has 0 aliphatic rings. The Kier molecular flexibility index (Phi) is 3.67. The van der Waals surface area contributed by atoms with Crippen LogP contribution in [-0.2, 0) is 4.84 Å². The molecule has 0 aliphatic heterocycles. The molecule has 1 rings (SSSR count). The van der Waals surface area contributed by atoms with Crippen LogP contribution in [-0.4, -0.2) is 18.9 Å². The lowest BCUT2D eigenvalue weighted by atomic mass is 10.1. The van der Waals surface area contributed by atoms with Crippen molar-refractivity contribution in [1.82, 2.24) is 5.32 Å². The minimum atomic E-state index is -0.569. The molecule has 0 fully saturated rings. The Labute approximate surface area is 82.6 Å². The molecule has 1 aromatic carbocycles. The van der Waals surface area contributed by atoms with E-state index in [2.05, 4.69) is 15.3 Å². The molecule has 1 N–H and O–H groups in total. The van der Waals surface area contributed by atoms with Gasteiger partial charge in [0, 0.05) is 7.05 Å². The van der Waals surface area contributed by atoms with Crippen LogP contribution in [0.15, 0.2) is 35.5 Å². The number of amides is 1. The van der Waals surface area contributed by atoms with Crippen molar-refractivity contribution in [3.05, 3.63) is 35.9 Å². The van der Waals surface area contributed by atoms with Gasteiger partial charge in [-0.2, -0.15) is 0 Å². The zero-order valence-corrected chi connectivity index (χ0v) is 8.15. The van der Waals surface area contributed by atoms with Gasteiger partial charge < -0.3 is 5.32 Å². The van der Waals surface area contributed by atoms with Gasteiger partial charge in [0.1, 0.15) is 0 Å². The second-order valence-corrected chi connectivity index (χ2v) is 2.67. The van der Waals surface area contributed by atoms with E-state index in [1.165, 1.54) is 7.05 Å². The highest BCUT2D eigenvalue weighted by Crippen LogP contribution is 2.00. The summed E-state index contributed by atoms with van der Waals surface area (Å²) in [7, 11) is 1.48. The summed E-state index contributed by atoms with van der Waals surface area (Å²) in [5.41, 5.74) is 1.59. The van der Waals surface area contributed by atoms with Gasteiger partial charge in [-0.15, -0.1) is 0 Å². The first-order valence-electron chi connectivity index (χ1n) is 4.23. The van der Waals surface area contributed by atoms with Gasteiger partial charge in [0.05, 0.1) is 5.71 Å². The third-order valence-corrected chi connectivity index (χ3v) is 1.66. The fraction of sp³-hybridized carbons (Fsp3) is 0.200. The summed E-state index contributed by atoms with van der Waals surface area (Å²) in [5.74, 6) is 0. The average molecular weight is 192 g/mol. The largest absolute Gasteiger partial charge is 0.433 e. The Morgan fingerprint density at radius 3 is 2.57 bits per heavy atom. The van der Waals surface area contributed by atoms with Crippen LogP contribution in [0.3, 0.4) is 0 Å². The van der Waals surface area contributed by atoms with Crippen LogP contribution in [0.1, 0.15) is 12.5 Å². The fourth-order valence-electron chi connectivity index (χ4n) is 0.888. The summed E-state index contributed by atoms with van der Waals surface area (Å²) in [6.45, 7) is 1.78. The minimum Gasteiger partial charge on any atom is -0.323 e. The van der Waals surface area contributed by atoms with E-state index < -0.39 is 6.09 Å². The molecule has 0 heterocycles. The topological polar surface area (TPSA) is 50.7 Å². The zero-order valence-electron chi connectivity index (χ0n) is 8.15. The smallest absolute Gasteiger partial charge is 0.323 e. The molecule has 1 amide bonds. The van der Waals surface area contributed by atoms with Crippen LogP contribution < -0.4 is 5.32 Å². The molecule has 14 heavy (non-hydrogen) atoms. The number of carbonyl (C=O) groups is 1. The van der Waals surface area contributed by atoms with Gasteiger partial charge in [-0.1, -0.05) is 35.5 Å². The molecule has 0 atom stereocenters. The SMILES string of the molecule is CNC(=O)O/N=C(/C)c1ccccc1. The molecule has 0 bridgehead atoms. The van der Waals surface area contributed by atoms with Crippen molar-refractivity contribution in [2.75, 3.05) is 7.05 Å². The van der Waals surface area contributed by atoms with Crippen LogP contribution in [0.4, 0.5) is 4.79 Å². The van der Waals surface area contributed by atoms with E-state index in [-0.39, 0.29) is 0 Å². The molecule has 0 unspecified atom stereocenters. The molecule has 1 aromatic rings. The standard InChI is InChI=1S/C10H12N2O2/c1-8(12-14-10(13)11-2)9-6-4-3-5-7-9/h3-7H,1-2H3,(H,11,13)/b12-8-. The lowest BCUT2D eigenvalue weighted by molar-refractivity contribution is 0.153. The maximum atomic E-state index is 10.7. The molecule has 0 spiro atoms. The summed E-state index contributed by atoms with van der Waals surface area (Å²) in [6.07, 6.45) is -0.569. The number of nitrogens with zero attached hydrogens (tertiary/aromatic N) is 1. The van der Waals surface area contributed by atoms with Gasteiger partial charge in [0.15, 0.2) is 0 Å². The van der Waals surface area contributed by atoms with Crippen molar-refractivity contribution in [2.24, 2.45) is 5.16 Å². The first kappa shape index (κ1) is 10.2. The van der Waals surface area contributed by atoms with E-state index in [4.69, 9.17) is 0 Å². The van der Waals surface area contributed by atoms with E-state index in [9.17, 15) is 4.79 Å². The van der Waals surface area contributed by atoms with E-state index in [0.717, 1.165) is 5.56 Å². The number of carbonyl (C=O) groups excluding carboxylic acids is 1. The van der Waals surface area contributed by atoms with Crippen LogP contribution >= 0.6 is 0 Å². The summed E-state index contributed by atoms with van der Waals surface area (Å²) < 4.78 is 0. The molecular formula is C10H12N2O2. The second kappa shape index (κ2) is 5.01. The monoisotopic (exact) mass is 192 g/mol. The first-order chi connectivity index (χ1) is 6.74. The molecule has 0 radical (unpaired) electrons. The third-order valence-electron chi connectivity index (χ3n) is 1.66. The van der Waals surface area contributed by atoms with Crippen molar-refractivity contribution in [3.8, 4) is 0 Å². The lowest BCUT2D eigenvalue weighted by Crippen LogP contribution is -2.17. The minimum absolute atomic E-state index is 0.569. The quantitative estimate of drug-likeness (QED) is 0.441. The third kappa shape index (κ3) is 2.90. The second-order valence-electron chi connectivity index (χ2n) is 2.67. The van der Waals surface area contributed by atoms with Gasteiger partial charge in [0.2, 0.25) is 0 Å². The number of rotatable bonds is 2. The van der Waals surface area contributed by atoms with Gasteiger partial charge in [0.25, 0.3) is 0 Å². The van der Waals surface area contributed by atoms with Crippen molar-refractivity contribution in [3.63, 3.8) is 0 Å². The Morgan fingerprint density at radius 2 is 2.00 bits per heavy atom. The van der Waals surface area contributed by atoms with E-state index in [1.54, 1.807) is 6.92 Å². The Bertz CT molecular complexity index is 333. The normalized spacial score (nSPS) is 10.9. The van der Waals surface area contributed by atoms with Crippen molar-refractivity contribution in [2.45, 2.75) is 6.92 Å². The van der Waals surface area contributed by atoms with Gasteiger partial charge in [-0.05, 0) is 12.5 Å². The molecule has 4 heteroatoms. The molecule has 4 nitrogen and oxygen atoms in total. The van der Waals surface area contributed by atoms with Crippen LogP contribution in [0.25, 0.3) is 0 Å². The van der Waals surface area contributed by atoms with Gasteiger partial charge in [-0.3, -0.25) is 4.84 Å². The predicted molar refractivity (Wildman–Crippen MR) is 54.2 cm³/mol. The number of hydrogen-bond donors (Lipinski definition) is 1. The van der Waals surface area contributed by atoms with E-state index in [0.29, 0.717) is 5.71 Å². The maximum absolute atomic E-state index is 10.7. The molecule has 74 valence electrons. The Hall–Kier alpha value is -1.84. The Morgan fingerprint density at radius 1 is 1.36 bits per heavy atom. The van der Waals surface area contributed by atoms with E-state index in [1.807, 2.05) is 30.3 Å². The highest BCUT2D eigenvalue weighted by molar-refractivity contribution is 5.98. The summed E-state index contributed by atoms with van der Waals surface area (Å²) >= 11 is 0. The van der Waals surface area contributed by atoms with Gasteiger partial charge in [-0.25, -0.2) is 4.79 Å². The van der Waals surface area contributed by atoms with Crippen molar-refractivity contribution in [1.29, 1.82) is 0 Å². The highest BCUT2D eigenvalue weighted by atomic mass is 16.7. The first-order valence-corrected chi connectivity index (χ1v) is 4.23. The zero-order chi connectivity index (χ0) is 10.4. The Balaban J connectivity index is 2.66. The van der Waals surface area contributed by atoms with Crippen molar-refractivity contribution < 1.29 is 9.63 Å². The number of oxime groups is 1. The molecule has 0 aromatic heterocycles. The van der Waals surface area contributed by atoms with Crippen LogP contribution in [0.5, 0.6) is 0 Å². The van der Waals surface area contributed by atoms with Crippen LogP contribution in [0.2, 0.25) is 0 Å². The van der Waals surface area contributed by atoms with E-state index >= 15 is 0 Å². The summed E-state index contributed by atoms with van der Waals surface area (Å²) in [4.78, 5) is 15.3. The van der Waals surface area contributed by atoms with Crippen LogP contribution in [0, 0.1) is 0 Å². The summed E-state index contributed by atoms with van der Waals surface area (Å²) in [6, 6.07) is 9.50. The fourth-order valence-corrected chi connectivity index (χ4v) is 0.888. The predicted octanol–water partition coefficient (Wildman–Crippen LogP) is 1.77. The lowest BCUT2D eigenvalue weighted by Gasteiger charge is -1.99.